The van der Waals surface area contributed by atoms with E-state index in [1.54, 1.807) is 0 Å². The maximum Gasteiger partial charge on any atom is 0.0620 e. The first-order chi connectivity index (χ1) is 9.24. The Kier molecular flexibility index (Phi) is 6.62. The monoisotopic (exact) mass is 268 g/mol. The van der Waals surface area contributed by atoms with Crippen molar-refractivity contribution in [1.82, 2.24) is 10.6 Å². The SMILES string of the molecule is CC1CCCC(CCNC(C)CC2COCCN2)C1. The van der Waals surface area contributed by atoms with Crippen LogP contribution in [0, 0.1) is 11.8 Å². The van der Waals surface area contributed by atoms with Gasteiger partial charge in [-0.2, -0.15) is 0 Å². The zero-order valence-electron chi connectivity index (χ0n) is 12.8. The lowest BCUT2D eigenvalue weighted by atomic mass is 9.81. The van der Waals surface area contributed by atoms with Crippen LogP contribution in [0.3, 0.4) is 0 Å². The van der Waals surface area contributed by atoms with Crippen molar-refractivity contribution in [1.29, 1.82) is 0 Å². The standard InChI is InChI=1S/C16H32N2O/c1-13-4-3-5-15(10-13)6-7-17-14(2)11-16-12-19-9-8-18-16/h13-18H,3-12H2,1-2H3. The van der Waals surface area contributed by atoms with Crippen LogP contribution in [-0.4, -0.2) is 38.4 Å². The first-order valence-electron chi connectivity index (χ1n) is 8.28. The van der Waals surface area contributed by atoms with E-state index in [1.807, 2.05) is 0 Å². The predicted molar refractivity (Wildman–Crippen MR) is 80.4 cm³/mol. The number of hydrogen-bond donors (Lipinski definition) is 2. The van der Waals surface area contributed by atoms with Crippen LogP contribution in [0.5, 0.6) is 0 Å². The summed E-state index contributed by atoms with van der Waals surface area (Å²) < 4.78 is 5.50. The summed E-state index contributed by atoms with van der Waals surface area (Å²) in [7, 11) is 0. The fourth-order valence-electron chi connectivity index (χ4n) is 3.64. The second kappa shape index (κ2) is 8.23. The van der Waals surface area contributed by atoms with Crippen molar-refractivity contribution >= 4 is 0 Å². The van der Waals surface area contributed by atoms with Crippen LogP contribution in [0.15, 0.2) is 0 Å². The molecule has 1 saturated carbocycles. The molecule has 0 radical (unpaired) electrons. The van der Waals surface area contributed by atoms with Gasteiger partial charge in [0.1, 0.15) is 0 Å². The van der Waals surface area contributed by atoms with Crippen LogP contribution in [0.2, 0.25) is 0 Å². The summed E-state index contributed by atoms with van der Waals surface area (Å²) in [5.74, 6) is 1.93. The zero-order chi connectivity index (χ0) is 13.5. The van der Waals surface area contributed by atoms with Gasteiger partial charge in [0.2, 0.25) is 0 Å². The van der Waals surface area contributed by atoms with Gasteiger partial charge in [0.15, 0.2) is 0 Å². The molecule has 2 N–H and O–H groups in total. The van der Waals surface area contributed by atoms with Gasteiger partial charge in [0.25, 0.3) is 0 Å². The number of hydrogen-bond acceptors (Lipinski definition) is 3. The molecular formula is C16H32N2O. The molecule has 0 spiro atoms. The van der Waals surface area contributed by atoms with Crippen LogP contribution in [0.25, 0.3) is 0 Å². The predicted octanol–water partition coefficient (Wildman–Crippen LogP) is 2.56. The fraction of sp³-hybridized carbons (Fsp3) is 1.00. The van der Waals surface area contributed by atoms with Crippen molar-refractivity contribution in [3.05, 3.63) is 0 Å². The van der Waals surface area contributed by atoms with Crippen LogP contribution in [0.4, 0.5) is 0 Å². The van der Waals surface area contributed by atoms with Gasteiger partial charge in [-0.1, -0.05) is 26.2 Å². The lowest BCUT2D eigenvalue weighted by Crippen LogP contribution is -2.45. The third-order valence-corrected chi connectivity index (χ3v) is 4.73. The number of nitrogens with one attached hydrogen (secondary N) is 2. The molecule has 3 heteroatoms. The van der Waals surface area contributed by atoms with Gasteiger partial charge in [-0.15, -0.1) is 0 Å². The van der Waals surface area contributed by atoms with E-state index in [9.17, 15) is 0 Å². The van der Waals surface area contributed by atoms with Crippen molar-refractivity contribution in [2.24, 2.45) is 11.8 Å². The lowest BCUT2D eigenvalue weighted by Gasteiger charge is -2.29. The molecule has 0 amide bonds. The summed E-state index contributed by atoms with van der Waals surface area (Å²) in [6, 6.07) is 1.14. The van der Waals surface area contributed by atoms with Gasteiger partial charge < -0.3 is 15.4 Å². The molecule has 1 aliphatic carbocycles. The molecule has 0 aromatic carbocycles. The van der Waals surface area contributed by atoms with Gasteiger partial charge in [0, 0.05) is 18.6 Å². The molecule has 19 heavy (non-hydrogen) atoms. The minimum absolute atomic E-state index is 0.547. The van der Waals surface area contributed by atoms with Crippen molar-refractivity contribution in [3.8, 4) is 0 Å². The first-order valence-corrected chi connectivity index (χ1v) is 8.28. The van der Waals surface area contributed by atoms with Gasteiger partial charge in [-0.25, -0.2) is 0 Å². The Morgan fingerprint density at radius 2 is 2.26 bits per heavy atom. The molecule has 1 saturated heterocycles. The van der Waals surface area contributed by atoms with E-state index in [2.05, 4.69) is 24.5 Å². The van der Waals surface area contributed by atoms with Crippen molar-refractivity contribution in [2.45, 2.75) is 64.5 Å². The molecule has 0 bridgehead atoms. The minimum Gasteiger partial charge on any atom is -0.379 e. The second-order valence-corrected chi connectivity index (χ2v) is 6.74. The molecule has 2 aliphatic rings. The van der Waals surface area contributed by atoms with Gasteiger partial charge in [0.05, 0.1) is 13.2 Å². The van der Waals surface area contributed by atoms with Crippen molar-refractivity contribution in [2.75, 3.05) is 26.3 Å². The number of ether oxygens (including phenoxy) is 1. The summed E-state index contributed by atoms with van der Waals surface area (Å²) in [6.45, 7) is 8.67. The van der Waals surface area contributed by atoms with Crippen LogP contribution < -0.4 is 10.6 Å². The van der Waals surface area contributed by atoms with Crippen molar-refractivity contribution in [3.63, 3.8) is 0 Å². The molecule has 0 aromatic heterocycles. The molecule has 1 heterocycles. The van der Waals surface area contributed by atoms with E-state index in [0.29, 0.717) is 12.1 Å². The normalized spacial score (nSPS) is 34.1. The van der Waals surface area contributed by atoms with E-state index in [4.69, 9.17) is 4.74 Å². The Bertz CT molecular complexity index is 241. The fourth-order valence-corrected chi connectivity index (χ4v) is 3.64. The topological polar surface area (TPSA) is 33.3 Å². The summed E-state index contributed by atoms with van der Waals surface area (Å²) in [5, 5.41) is 7.23. The molecule has 4 unspecified atom stereocenters. The first kappa shape index (κ1) is 15.3. The third-order valence-electron chi connectivity index (χ3n) is 4.73. The molecule has 4 atom stereocenters. The second-order valence-electron chi connectivity index (χ2n) is 6.74. The van der Waals surface area contributed by atoms with E-state index in [-0.39, 0.29) is 0 Å². The van der Waals surface area contributed by atoms with Crippen LogP contribution >= 0.6 is 0 Å². The average Bonchev–Trinajstić information content (AvgIpc) is 2.40. The van der Waals surface area contributed by atoms with Gasteiger partial charge >= 0.3 is 0 Å². The Morgan fingerprint density at radius 1 is 1.37 bits per heavy atom. The average molecular weight is 268 g/mol. The van der Waals surface area contributed by atoms with E-state index in [1.165, 1.54) is 45.1 Å². The Labute approximate surface area is 118 Å². The molecule has 0 aromatic rings. The third kappa shape index (κ3) is 5.80. The molecule has 112 valence electrons. The van der Waals surface area contributed by atoms with E-state index >= 15 is 0 Å². The smallest absolute Gasteiger partial charge is 0.0620 e. The maximum absolute atomic E-state index is 5.50. The lowest BCUT2D eigenvalue weighted by molar-refractivity contribution is 0.0711. The molecule has 3 nitrogen and oxygen atoms in total. The summed E-state index contributed by atoms with van der Waals surface area (Å²) in [6.07, 6.45) is 8.36. The van der Waals surface area contributed by atoms with Gasteiger partial charge in [-0.05, 0) is 44.6 Å². The summed E-state index contributed by atoms with van der Waals surface area (Å²) in [5.41, 5.74) is 0. The summed E-state index contributed by atoms with van der Waals surface area (Å²) >= 11 is 0. The highest BCUT2D eigenvalue weighted by molar-refractivity contribution is 4.77. The quantitative estimate of drug-likeness (QED) is 0.777. The van der Waals surface area contributed by atoms with E-state index < -0.39 is 0 Å². The molecule has 1 aliphatic heterocycles. The number of morpholine rings is 1. The van der Waals surface area contributed by atoms with Crippen molar-refractivity contribution < 1.29 is 4.74 Å². The molecule has 2 rings (SSSR count). The van der Waals surface area contributed by atoms with Crippen LogP contribution in [-0.2, 0) is 4.74 Å². The molecule has 2 fully saturated rings. The van der Waals surface area contributed by atoms with E-state index in [0.717, 1.165) is 31.6 Å². The highest BCUT2D eigenvalue weighted by Crippen LogP contribution is 2.30. The zero-order valence-corrected chi connectivity index (χ0v) is 12.8. The minimum atomic E-state index is 0.547. The highest BCUT2D eigenvalue weighted by atomic mass is 16.5. The van der Waals surface area contributed by atoms with Gasteiger partial charge in [-0.3, -0.25) is 0 Å². The Balaban J connectivity index is 1.54. The maximum atomic E-state index is 5.50. The Hall–Kier alpha value is -0.120. The highest BCUT2D eigenvalue weighted by Gasteiger charge is 2.19. The number of rotatable bonds is 6. The Morgan fingerprint density at radius 3 is 3.00 bits per heavy atom. The molecular weight excluding hydrogens is 236 g/mol. The van der Waals surface area contributed by atoms with Crippen LogP contribution in [0.1, 0.15) is 52.4 Å². The largest absolute Gasteiger partial charge is 0.379 e. The summed E-state index contributed by atoms with van der Waals surface area (Å²) in [4.78, 5) is 0.